The van der Waals surface area contributed by atoms with Gasteiger partial charge in [0, 0.05) is 24.6 Å². The van der Waals surface area contributed by atoms with E-state index in [0.29, 0.717) is 44.9 Å². The van der Waals surface area contributed by atoms with Crippen molar-refractivity contribution >= 4 is 17.8 Å². The van der Waals surface area contributed by atoms with Gasteiger partial charge in [0.1, 0.15) is 11.7 Å². The van der Waals surface area contributed by atoms with Crippen LogP contribution in [-0.2, 0) is 23.9 Å². The molecular weight excluding hydrogens is 374 g/mol. The Morgan fingerprint density at radius 3 is 2.48 bits per heavy atom. The Bertz CT molecular complexity index is 794. The second-order valence-corrected chi connectivity index (χ2v) is 8.06. The lowest BCUT2D eigenvalue weighted by molar-refractivity contribution is -0.165. The molecule has 156 valence electrons. The summed E-state index contributed by atoms with van der Waals surface area (Å²) in [6.45, 7) is 1.75. The number of nitrogens with zero attached hydrogens (tertiary/aromatic N) is 1. The minimum Gasteiger partial charge on any atom is -0.469 e. The highest BCUT2D eigenvalue weighted by molar-refractivity contribution is 6.02. The first-order valence-electron chi connectivity index (χ1n) is 10.3. The first-order chi connectivity index (χ1) is 14.1. The number of benzene rings is 1. The summed E-state index contributed by atoms with van der Waals surface area (Å²) in [6, 6.07) is 7.24. The first-order valence-corrected chi connectivity index (χ1v) is 10.3. The minimum atomic E-state index is -1.06. The zero-order chi connectivity index (χ0) is 20.4. The summed E-state index contributed by atoms with van der Waals surface area (Å²) in [4.78, 5) is 41.4. The highest BCUT2D eigenvalue weighted by Crippen LogP contribution is 2.55. The fourth-order valence-corrected chi connectivity index (χ4v) is 5.19. The van der Waals surface area contributed by atoms with Crippen LogP contribution in [0.1, 0.15) is 43.6 Å². The lowest BCUT2D eigenvalue weighted by Crippen LogP contribution is -2.54. The number of para-hydroxylation sites is 1. The summed E-state index contributed by atoms with van der Waals surface area (Å²) >= 11 is 0. The number of hydrogen-bond donors (Lipinski definition) is 0. The van der Waals surface area contributed by atoms with Crippen LogP contribution in [0.15, 0.2) is 24.3 Å². The molecule has 2 fully saturated rings. The molecule has 0 radical (unpaired) electrons. The fraction of sp³-hybridized carbons (Fsp3) is 0.591. The lowest BCUT2D eigenvalue weighted by atomic mass is 9.58. The average molecular weight is 401 g/mol. The Hall–Kier alpha value is -2.41. The zero-order valence-electron chi connectivity index (χ0n) is 16.7. The van der Waals surface area contributed by atoms with Gasteiger partial charge in [0.25, 0.3) is 0 Å². The number of carbonyl (C=O) groups excluding carboxylic acids is 3. The van der Waals surface area contributed by atoms with Gasteiger partial charge in [0.2, 0.25) is 5.91 Å². The molecule has 0 aromatic heterocycles. The van der Waals surface area contributed by atoms with Crippen molar-refractivity contribution in [1.82, 2.24) is 4.90 Å². The van der Waals surface area contributed by atoms with Crippen molar-refractivity contribution in [3.63, 3.8) is 0 Å². The molecule has 1 aliphatic carbocycles. The van der Waals surface area contributed by atoms with E-state index in [2.05, 4.69) is 0 Å². The van der Waals surface area contributed by atoms with Gasteiger partial charge < -0.3 is 19.1 Å². The largest absolute Gasteiger partial charge is 0.469 e. The number of morpholine rings is 1. The predicted octanol–water partition coefficient (Wildman–Crippen LogP) is 2.29. The molecule has 2 unspecified atom stereocenters. The van der Waals surface area contributed by atoms with Crippen LogP contribution in [0.2, 0.25) is 0 Å². The van der Waals surface area contributed by atoms with Crippen molar-refractivity contribution < 1.29 is 28.6 Å². The Balaban J connectivity index is 1.83. The van der Waals surface area contributed by atoms with Crippen LogP contribution >= 0.6 is 0 Å². The number of carbonyl (C=O) groups is 3. The number of hydrogen-bond acceptors (Lipinski definition) is 6. The minimum absolute atomic E-state index is 0.286. The Labute approximate surface area is 170 Å². The first kappa shape index (κ1) is 19.9. The van der Waals surface area contributed by atoms with Crippen LogP contribution in [0.3, 0.4) is 0 Å². The molecule has 1 aromatic rings. The Morgan fingerprint density at radius 1 is 1.10 bits per heavy atom. The topological polar surface area (TPSA) is 82.1 Å². The summed E-state index contributed by atoms with van der Waals surface area (Å²) in [6.07, 6.45) is 3.94. The average Bonchev–Trinajstić information content (AvgIpc) is 2.78. The van der Waals surface area contributed by atoms with Crippen LogP contribution in [0.5, 0.6) is 5.75 Å². The van der Waals surface area contributed by atoms with Crippen molar-refractivity contribution in [2.45, 2.75) is 38.0 Å². The number of fused-ring (bicyclic) bond motifs is 1. The van der Waals surface area contributed by atoms with Gasteiger partial charge in [-0.1, -0.05) is 37.5 Å². The molecule has 1 saturated carbocycles. The molecule has 7 heteroatoms. The molecule has 0 bridgehead atoms. The lowest BCUT2D eigenvalue weighted by Gasteiger charge is -2.46. The third-order valence-electron chi connectivity index (χ3n) is 6.57. The number of methoxy groups -OCH3 is 1. The molecule has 3 aliphatic rings. The molecule has 1 saturated heterocycles. The summed E-state index contributed by atoms with van der Waals surface area (Å²) < 4.78 is 16.2. The van der Waals surface area contributed by atoms with Gasteiger partial charge in [-0.2, -0.15) is 0 Å². The van der Waals surface area contributed by atoms with E-state index in [9.17, 15) is 14.4 Å². The molecule has 7 nitrogen and oxygen atoms in total. The maximum absolute atomic E-state index is 13.5. The fourth-order valence-electron chi connectivity index (χ4n) is 5.19. The standard InChI is InChI=1S/C22H27NO6/c1-27-21(26)22(9-5-2-6-10-22)18-15-7-3-4-8-16(15)29-20(25)17(18)19(24)23-11-13-28-14-12-23/h3-4,7-8,17-18H,2,5-6,9-14H2,1H3. The monoisotopic (exact) mass is 401 g/mol. The number of rotatable bonds is 3. The molecule has 0 N–H and O–H groups in total. The van der Waals surface area contributed by atoms with Crippen molar-refractivity contribution in [3.8, 4) is 5.75 Å². The number of ether oxygens (including phenoxy) is 3. The maximum Gasteiger partial charge on any atom is 0.324 e. The molecule has 2 heterocycles. The highest BCUT2D eigenvalue weighted by Gasteiger charge is 2.58. The molecule has 1 aromatic carbocycles. The van der Waals surface area contributed by atoms with Gasteiger partial charge in [-0.05, 0) is 18.9 Å². The summed E-state index contributed by atoms with van der Waals surface area (Å²) in [5.41, 5.74) is -0.166. The second-order valence-electron chi connectivity index (χ2n) is 8.06. The van der Waals surface area contributed by atoms with Crippen molar-refractivity contribution in [2.75, 3.05) is 33.4 Å². The van der Waals surface area contributed by atoms with Crippen LogP contribution in [0.4, 0.5) is 0 Å². The van der Waals surface area contributed by atoms with E-state index < -0.39 is 23.2 Å². The summed E-state index contributed by atoms with van der Waals surface area (Å²) in [5.74, 6) is -2.43. The molecule has 1 amide bonds. The van der Waals surface area contributed by atoms with Crippen LogP contribution < -0.4 is 4.74 Å². The third-order valence-corrected chi connectivity index (χ3v) is 6.57. The van der Waals surface area contributed by atoms with E-state index in [4.69, 9.17) is 14.2 Å². The third kappa shape index (κ3) is 3.41. The van der Waals surface area contributed by atoms with Crippen molar-refractivity contribution in [2.24, 2.45) is 11.3 Å². The molecule has 2 atom stereocenters. The molecule has 2 aliphatic heterocycles. The number of esters is 2. The zero-order valence-corrected chi connectivity index (χ0v) is 16.7. The Kier molecular flexibility index (Phi) is 5.58. The molecular formula is C22H27NO6. The van der Waals surface area contributed by atoms with Crippen LogP contribution in [-0.4, -0.2) is 56.2 Å². The van der Waals surface area contributed by atoms with E-state index in [1.165, 1.54) is 7.11 Å². The molecule has 29 heavy (non-hydrogen) atoms. The summed E-state index contributed by atoms with van der Waals surface area (Å²) in [5, 5.41) is 0. The van der Waals surface area contributed by atoms with Crippen molar-refractivity contribution in [3.05, 3.63) is 29.8 Å². The van der Waals surface area contributed by atoms with Crippen LogP contribution in [0, 0.1) is 11.3 Å². The smallest absolute Gasteiger partial charge is 0.324 e. The van der Waals surface area contributed by atoms with Gasteiger partial charge in [-0.25, -0.2) is 0 Å². The molecule has 4 rings (SSSR count). The normalized spacial score (nSPS) is 26.2. The van der Waals surface area contributed by atoms with Crippen LogP contribution in [0.25, 0.3) is 0 Å². The molecule has 0 spiro atoms. The maximum atomic E-state index is 13.5. The quantitative estimate of drug-likeness (QED) is 0.439. The van der Waals surface area contributed by atoms with E-state index in [-0.39, 0.29) is 11.9 Å². The van der Waals surface area contributed by atoms with E-state index in [1.54, 1.807) is 17.0 Å². The van der Waals surface area contributed by atoms with Gasteiger partial charge >= 0.3 is 11.9 Å². The van der Waals surface area contributed by atoms with E-state index in [1.807, 2.05) is 12.1 Å². The van der Waals surface area contributed by atoms with Gasteiger partial charge in [0.05, 0.1) is 25.7 Å². The predicted molar refractivity (Wildman–Crippen MR) is 103 cm³/mol. The van der Waals surface area contributed by atoms with E-state index >= 15 is 0 Å². The highest BCUT2D eigenvalue weighted by atomic mass is 16.5. The van der Waals surface area contributed by atoms with Gasteiger partial charge in [-0.15, -0.1) is 0 Å². The van der Waals surface area contributed by atoms with Gasteiger partial charge in [-0.3, -0.25) is 14.4 Å². The van der Waals surface area contributed by atoms with E-state index in [0.717, 1.165) is 24.8 Å². The number of amides is 1. The summed E-state index contributed by atoms with van der Waals surface area (Å²) in [7, 11) is 1.38. The van der Waals surface area contributed by atoms with Crippen molar-refractivity contribution in [1.29, 1.82) is 0 Å². The second kappa shape index (κ2) is 8.14. The Morgan fingerprint density at radius 2 is 1.79 bits per heavy atom. The van der Waals surface area contributed by atoms with Gasteiger partial charge in [0.15, 0.2) is 0 Å². The SMILES string of the molecule is COC(=O)C1(C2c3ccccc3OC(=O)C2C(=O)N2CCOCC2)CCCCC1.